The number of nitrogens with zero attached hydrogens (tertiary/aromatic N) is 3. The molecule has 378 valence electrons. The molecule has 0 unspecified atom stereocenters. The van der Waals surface area contributed by atoms with Gasteiger partial charge in [-0.15, -0.1) is 0 Å². The zero-order valence-electron chi connectivity index (χ0n) is 44.6. The van der Waals surface area contributed by atoms with Crippen LogP contribution in [0.2, 0.25) is 0 Å². The van der Waals surface area contributed by atoms with E-state index in [1.807, 2.05) is 0 Å². The highest BCUT2D eigenvalue weighted by molar-refractivity contribution is 7.00. The normalized spacial score (nSPS) is 12.8. The fourth-order valence-electron chi connectivity index (χ4n) is 14.4. The first-order valence-corrected chi connectivity index (χ1v) is 28.5. The van der Waals surface area contributed by atoms with Gasteiger partial charge < -0.3 is 13.7 Å². The summed E-state index contributed by atoms with van der Waals surface area (Å²) in [4.78, 5) is 0. The van der Waals surface area contributed by atoms with Crippen LogP contribution in [-0.2, 0) is 0 Å². The summed E-state index contributed by atoms with van der Waals surface area (Å²) in [5.41, 5.74) is 21.8. The van der Waals surface area contributed by atoms with E-state index < -0.39 is 0 Å². The highest BCUT2D eigenvalue weighted by Crippen LogP contribution is 2.46. The van der Waals surface area contributed by atoms with E-state index in [0.717, 1.165) is 28.2 Å². The van der Waals surface area contributed by atoms with Crippen LogP contribution in [0.15, 0.2) is 267 Å². The van der Waals surface area contributed by atoms with Gasteiger partial charge in [0.2, 0.25) is 0 Å². The first kappa shape index (κ1) is 45.2. The predicted molar refractivity (Wildman–Crippen MR) is 351 cm³/mol. The van der Waals surface area contributed by atoms with Crippen LogP contribution in [-0.4, -0.2) is 20.4 Å². The molecule has 82 heavy (non-hydrogen) atoms. The second-order valence-corrected chi connectivity index (χ2v) is 22.4. The summed E-state index contributed by atoms with van der Waals surface area (Å²) in [6.07, 6.45) is 9.27. The number of rotatable bonds is 7. The number of hydrogen-bond donors (Lipinski definition) is 0. The van der Waals surface area contributed by atoms with Crippen molar-refractivity contribution in [1.82, 2.24) is 13.7 Å². The monoisotopic (exact) mass is 1040 g/mol. The van der Waals surface area contributed by atoms with Gasteiger partial charge in [-0.25, -0.2) is 0 Å². The topological polar surface area (TPSA) is 14.8 Å². The molecule has 0 saturated carbocycles. The van der Waals surface area contributed by atoms with Crippen molar-refractivity contribution in [2.24, 2.45) is 0 Å². The maximum atomic E-state index is 2.65. The van der Waals surface area contributed by atoms with E-state index in [2.05, 4.69) is 305 Å². The molecule has 3 aromatic heterocycles. The molecule has 0 N–H and O–H groups in total. The Balaban J connectivity index is 1.03. The third-order valence-corrected chi connectivity index (χ3v) is 18.0. The molecule has 0 aliphatic carbocycles. The molecule has 5 heterocycles. The molecule has 13 aromatic carbocycles. The Morgan fingerprint density at radius 2 is 0.732 bits per heavy atom. The second kappa shape index (κ2) is 17.4. The Hall–Kier alpha value is -10.7. The van der Waals surface area contributed by atoms with Crippen molar-refractivity contribution in [1.29, 1.82) is 0 Å². The van der Waals surface area contributed by atoms with Crippen molar-refractivity contribution in [3.63, 3.8) is 0 Å². The van der Waals surface area contributed by atoms with Crippen LogP contribution in [0.1, 0.15) is 22.5 Å². The molecule has 0 bridgehead atoms. The SMILES string of the molecule is C(=C/c1cc2c3ccc(-c4ccccc4)cc3cc3c2n1-c1ccc(-n2c4ccc5ccccc5c4c4c5ccccc5ccc42)c2c1B3c1cc3cc(-c4ccccc4)ccc3c3cc(/C=C\c4ccccc4)n-2c13)/c1ccccc1. The maximum absolute atomic E-state index is 2.65. The van der Waals surface area contributed by atoms with Crippen LogP contribution in [0.5, 0.6) is 0 Å². The number of fused-ring (bicyclic) bond motifs is 15. The number of benzene rings is 13. The van der Waals surface area contributed by atoms with Crippen molar-refractivity contribution in [3.05, 3.63) is 289 Å². The van der Waals surface area contributed by atoms with Gasteiger partial charge in [0.25, 0.3) is 6.71 Å². The summed E-state index contributed by atoms with van der Waals surface area (Å²) in [5, 5.41) is 15.0. The van der Waals surface area contributed by atoms with E-state index in [9.17, 15) is 0 Å². The average molecular weight is 1040 g/mol. The molecule has 16 aromatic rings. The van der Waals surface area contributed by atoms with Gasteiger partial charge in [0.05, 0.1) is 22.4 Å². The van der Waals surface area contributed by atoms with Crippen LogP contribution in [0.4, 0.5) is 0 Å². The first-order chi connectivity index (χ1) is 40.7. The minimum absolute atomic E-state index is 0.138. The van der Waals surface area contributed by atoms with Gasteiger partial charge in [0.1, 0.15) is 0 Å². The lowest BCUT2D eigenvalue weighted by atomic mass is 9.34. The molecule has 0 spiro atoms. The Labute approximate surface area is 473 Å². The largest absolute Gasteiger partial charge is 0.311 e. The number of hydrogen-bond acceptors (Lipinski definition) is 0. The van der Waals surface area contributed by atoms with E-state index in [0.29, 0.717) is 0 Å². The lowest BCUT2D eigenvalue weighted by molar-refractivity contribution is 1.04. The van der Waals surface area contributed by atoms with Crippen LogP contribution in [0, 0.1) is 0 Å². The molecule has 0 amide bonds. The molecule has 2 aliphatic rings. The summed E-state index contributed by atoms with van der Waals surface area (Å²) >= 11 is 0. The quantitative estimate of drug-likeness (QED) is 0.141. The summed E-state index contributed by atoms with van der Waals surface area (Å²) in [5.74, 6) is 0. The van der Waals surface area contributed by atoms with Gasteiger partial charge in [-0.3, -0.25) is 0 Å². The van der Waals surface area contributed by atoms with Crippen molar-refractivity contribution in [3.8, 4) is 39.3 Å². The summed E-state index contributed by atoms with van der Waals surface area (Å²) in [6.45, 7) is -0.138. The predicted octanol–water partition coefficient (Wildman–Crippen LogP) is 18.1. The van der Waals surface area contributed by atoms with E-state index in [1.54, 1.807) is 0 Å². The van der Waals surface area contributed by atoms with Crippen LogP contribution >= 0.6 is 0 Å². The van der Waals surface area contributed by atoms with Crippen LogP contribution in [0.25, 0.3) is 150 Å². The zero-order chi connectivity index (χ0) is 53.6. The van der Waals surface area contributed by atoms with Crippen molar-refractivity contribution < 1.29 is 0 Å². The number of aromatic nitrogens is 3. The van der Waals surface area contributed by atoms with Gasteiger partial charge in [-0.05, 0) is 154 Å². The van der Waals surface area contributed by atoms with E-state index in [-0.39, 0.29) is 6.71 Å². The Morgan fingerprint density at radius 1 is 0.280 bits per heavy atom. The first-order valence-electron chi connectivity index (χ1n) is 28.5. The van der Waals surface area contributed by atoms with Gasteiger partial charge in [0.15, 0.2) is 0 Å². The van der Waals surface area contributed by atoms with Crippen molar-refractivity contribution >= 4 is 134 Å². The highest BCUT2D eigenvalue weighted by Gasteiger charge is 2.43. The third kappa shape index (κ3) is 6.55. The highest BCUT2D eigenvalue weighted by atomic mass is 15.1. The summed E-state index contributed by atoms with van der Waals surface area (Å²) in [6, 6.07) is 99.6. The minimum atomic E-state index is -0.138. The van der Waals surface area contributed by atoms with Crippen molar-refractivity contribution in [2.45, 2.75) is 0 Å². The summed E-state index contributed by atoms with van der Waals surface area (Å²) in [7, 11) is 0. The standard InChI is InChI=1S/C78H48BN3/c1-5-17-49(18-6-1)29-35-59-47-65-61-37-31-55(51-21-9-3-10-22-51)43-57(61)45-67-76(65)80(59)71-41-42-72(82-69-39-33-53-25-13-15-27-63(53)73(69)74-64-28-16-14-26-54(64)34-40-70(74)82)78-75(71)79(67)68-46-58-44-56(52-23-11-4-12-24-52)32-38-62(58)66-48-60(81(78)77(66)68)36-30-50-19-7-2-8-20-50/h1-48H/b35-29-,36-30-. The molecule has 0 saturated heterocycles. The molecule has 3 nitrogen and oxygen atoms in total. The van der Waals surface area contributed by atoms with E-state index in [4.69, 9.17) is 0 Å². The summed E-state index contributed by atoms with van der Waals surface area (Å²) < 4.78 is 7.85. The Morgan fingerprint density at radius 3 is 1.26 bits per heavy atom. The van der Waals surface area contributed by atoms with E-state index in [1.165, 1.54) is 137 Å². The fraction of sp³-hybridized carbons (Fsp3) is 0. The molecular weight excluding hydrogens is 990 g/mol. The molecule has 2 aliphatic heterocycles. The van der Waals surface area contributed by atoms with E-state index >= 15 is 0 Å². The minimum Gasteiger partial charge on any atom is -0.311 e. The maximum Gasteiger partial charge on any atom is 0.252 e. The molecule has 0 fully saturated rings. The molecule has 4 heteroatoms. The van der Waals surface area contributed by atoms with Crippen LogP contribution in [0.3, 0.4) is 0 Å². The molecule has 0 atom stereocenters. The van der Waals surface area contributed by atoms with Gasteiger partial charge in [0, 0.05) is 49.7 Å². The van der Waals surface area contributed by atoms with Gasteiger partial charge in [-0.2, -0.15) is 0 Å². The van der Waals surface area contributed by atoms with Crippen LogP contribution < -0.4 is 16.4 Å². The van der Waals surface area contributed by atoms with Gasteiger partial charge in [-0.1, -0.05) is 231 Å². The smallest absolute Gasteiger partial charge is 0.252 e. The fourth-order valence-corrected chi connectivity index (χ4v) is 14.4. The third-order valence-electron chi connectivity index (χ3n) is 18.0. The molecule has 18 rings (SSSR count). The van der Waals surface area contributed by atoms with Crippen molar-refractivity contribution in [2.75, 3.05) is 0 Å². The molecular formula is C78H48BN3. The zero-order valence-corrected chi connectivity index (χ0v) is 44.6. The average Bonchev–Trinajstić information content (AvgIpc) is 1.70. The lowest BCUT2D eigenvalue weighted by Gasteiger charge is -2.36. The Kier molecular flexibility index (Phi) is 9.60. The Bertz CT molecular complexity index is 5340. The van der Waals surface area contributed by atoms with Gasteiger partial charge >= 0.3 is 0 Å². The second-order valence-electron chi connectivity index (χ2n) is 22.4. The lowest BCUT2D eigenvalue weighted by Crippen LogP contribution is -2.59. The molecule has 0 radical (unpaired) electrons.